The van der Waals surface area contributed by atoms with Gasteiger partial charge in [0.15, 0.2) is 0 Å². The van der Waals surface area contributed by atoms with E-state index in [0.717, 1.165) is 0 Å². The third-order valence-corrected chi connectivity index (χ3v) is 1.44. The molecule has 1 N–H and O–H groups in total. The highest BCUT2D eigenvalue weighted by molar-refractivity contribution is 5.25. The van der Waals surface area contributed by atoms with E-state index in [-0.39, 0.29) is 13.2 Å². The smallest absolute Gasteiger partial charge is 0.268 e. The van der Waals surface area contributed by atoms with E-state index >= 15 is 0 Å². The summed E-state index contributed by atoms with van der Waals surface area (Å²) in [5, 5.41) is 16.0. The zero-order valence-electron chi connectivity index (χ0n) is 6.29. The molecular formula is C6H8N4O2. The molecule has 6 heteroatoms. The van der Waals surface area contributed by atoms with Gasteiger partial charge in [-0.3, -0.25) is 4.40 Å². The van der Waals surface area contributed by atoms with Crippen LogP contribution >= 0.6 is 0 Å². The van der Waals surface area contributed by atoms with Crippen LogP contribution in [0.1, 0.15) is 0 Å². The van der Waals surface area contributed by atoms with Crippen LogP contribution in [-0.2, 0) is 0 Å². The maximum absolute atomic E-state index is 8.51. The van der Waals surface area contributed by atoms with E-state index in [1.807, 2.05) is 0 Å². The molecular weight excluding hydrogens is 160 g/mol. The van der Waals surface area contributed by atoms with Gasteiger partial charge in [0.2, 0.25) is 0 Å². The van der Waals surface area contributed by atoms with Crippen LogP contribution in [-0.4, -0.2) is 37.6 Å². The summed E-state index contributed by atoms with van der Waals surface area (Å²) in [5.74, 6) is 0.600. The molecule has 0 aromatic carbocycles. The zero-order chi connectivity index (χ0) is 8.39. The highest BCUT2D eigenvalue weighted by atomic mass is 16.7. The minimum Gasteiger partial charge on any atom is -0.408 e. The molecule has 2 rings (SSSR count). The Labute approximate surface area is 68.0 Å². The zero-order valence-corrected chi connectivity index (χ0v) is 6.29. The molecule has 64 valence electrons. The first-order valence-electron chi connectivity index (χ1n) is 3.52. The van der Waals surface area contributed by atoms with Gasteiger partial charge < -0.3 is 9.94 Å². The topological polar surface area (TPSA) is 64.6 Å². The van der Waals surface area contributed by atoms with Gasteiger partial charge in [0, 0.05) is 6.20 Å². The maximum atomic E-state index is 8.51. The first-order chi connectivity index (χ1) is 5.92. The number of hydrogen-bond acceptors (Lipinski definition) is 4. The van der Waals surface area contributed by atoms with E-state index in [1.165, 1.54) is 4.73 Å². The molecule has 0 unspecified atom stereocenters. The lowest BCUT2D eigenvalue weighted by molar-refractivity contribution is 0.0814. The lowest BCUT2D eigenvalue weighted by atomic mass is 10.8. The largest absolute Gasteiger partial charge is 0.408 e. The van der Waals surface area contributed by atoms with Gasteiger partial charge in [0.1, 0.15) is 12.9 Å². The van der Waals surface area contributed by atoms with Crippen LogP contribution in [0.3, 0.4) is 0 Å². The molecule has 12 heavy (non-hydrogen) atoms. The van der Waals surface area contributed by atoms with Gasteiger partial charge in [0.05, 0.1) is 12.8 Å². The van der Waals surface area contributed by atoms with E-state index in [2.05, 4.69) is 10.2 Å². The Balaban J connectivity index is 2.28. The second-order valence-corrected chi connectivity index (χ2v) is 2.22. The lowest BCUT2D eigenvalue weighted by Crippen LogP contribution is -2.14. The summed E-state index contributed by atoms with van der Waals surface area (Å²) in [7, 11) is 0. The molecule has 2 aromatic rings. The highest BCUT2D eigenvalue weighted by Gasteiger charge is 2.01. The Morgan fingerprint density at radius 1 is 1.50 bits per heavy atom. The van der Waals surface area contributed by atoms with Crippen molar-refractivity contribution < 1.29 is 9.94 Å². The average molecular weight is 168 g/mol. The number of aliphatic hydroxyl groups is 1. The van der Waals surface area contributed by atoms with Crippen LogP contribution < -0.4 is 4.84 Å². The van der Waals surface area contributed by atoms with Crippen LogP contribution in [0.15, 0.2) is 18.7 Å². The summed E-state index contributed by atoms with van der Waals surface area (Å²) in [6.07, 6.45) is 5.06. The molecule has 0 aliphatic carbocycles. The Morgan fingerprint density at radius 2 is 2.42 bits per heavy atom. The first kappa shape index (κ1) is 7.11. The fraction of sp³-hybridized carbons (Fsp3) is 0.333. The molecule has 0 bridgehead atoms. The second-order valence-electron chi connectivity index (χ2n) is 2.22. The second kappa shape index (κ2) is 2.82. The maximum Gasteiger partial charge on any atom is 0.268 e. The normalized spacial score (nSPS) is 10.8. The van der Waals surface area contributed by atoms with Gasteiger partial charge >= 0.3 is 0 Å². The number of aliphatic hydroxyl groups excluding tert-OH is 1. The van der Waals surface area contributed by atoms with Crippen molar-refractivity contribution in [3.05, 3.63) is 18.7 Å². The SMILES string of the molecule is OCCOn1ccn2cnnc12. The number of imidazole rings is 1. The van der Waals surface area contributed by atoms with Gasteiger partial charge in [-0.15, -0.1) is 10.2 Å². The van der Waals surface area contributed by atoms with E-state index in [4.69, 9.17) is 9.94 Å². The van der Waals surface area contributed by atoms with Crippen molar-refractivity contribution in [3.8, 4) is 0 Å². The third-order valence-electron chi connectivity index (χ3n) is 1.44. The van der Waals surface area contributed by atoms with Crippen LogP contribution in [0.4, 0.5) is 0 Å². The van der Waals surface area contributed by atoms with Crippen molar-refractivity contribution >= 4 is 5.78 Å². The summed E-state index contributed by atoms with van der Waals surface area (Å²) in [6.45, 7) is 0.232. The molecule has 0 spiro atoms. The van der Waals surface area contributed by atoms with Crippen molar-refractivity contribution in [2.24, 2.45) is 0 Å². The van der Waals surface area contributed by atoms with Gasteiger partial charge in [-0.05, 0) is 0 Å². The molecule has 0 atom stereocenters. The number of fused-ring (bicyclic) bond motifs is 1. The Kier molecular flexibility index (Phi) is 1.67. The summed E-state index contributed by atoms with van der Waals surface area (Å²) in [4.78, 5) is 5.11. The van der Waals surface area contributed by atoms with Crippen LogP contribution in [0, 0.1) is 0 Å². The molecule has 0 aliphatic heterocycles. The Morgan fingerprint density at radius 3 is 3.25 bits per heavy atom. The number of nitrogens with zero attached hydrogens (tertiary/aromatic N) is 4. The monoisotopic (exact) mass is 168 g/mol. The van der Waals surface area contributed by atoms with Crippen LogP contribution in [0.5, 0.6) is 0 Å². The number of aromatic nitrogens is 4. The van der Waals surface area contributed by atoms with E-state index in [0.29, 0.717) is 5.78 Å². The molecule has 0 saturated carbocycles. The summed E-state index contributed by atoms with van der Waals surface area (Å²) in [5.41, 5.74) is 0. The van der Waals surface area contributed by atoms with Gasteiger partial charge in [-0.1, -0.05) is 0 Å². The van der Waals surface area contributed by atoms with E-state index in [9.17, 15) is 0 Å². The van der Waals surface area contributed by atoms with Gasteiger partial charge in [0.25, 0.3) is 5.78 Å². The molecule has 0 aliphatic rings. The molecule has 2 heterocycles. The third kappa shape index (κ3) is 1.02. The first-order valence-corrected chi connectivity index (χ1v) is 3.52. The van der Waals surface area contributed by atoms with E-state index in [1.54, 1.807) is 23.1 Å². The molecule has 2 aromatic heterocycles. The predicted molar refractivity (Wildman–Crippen MR) is 39.5 cm³/mol. The van der Waals surface area contributed by atoms with Crippen LogP contribution in [0.2, 0.25) is 0 Å². The molecule has 0 saturated heterocycles. The Hall–Kier alpha value is -1.56. The number of rotatable bonds is 3. The molecule has 0 fully saturated rings. The van der Waals surface area contributed by atoms with Crippen molar-refractivity contribution in [2.75, 3.05) is 13.2 Å². The van der Waals surface area contributed by atoms with Crippen molar-refractivity contribution in [1.82, 2.24) is 19.3 Å². The average Bonchev–Trinajstić information content (AvgIpc) is 2.62. The fourth-order valence-corrected chi connectivity index (χ4v) is 0.938. The van der Waals surface area contributed by atoms with Gasteiger partial charge in [-0.25, -0.2) is 0 Å². The minimum atomic E-state index is -0.0154. The Bertz CT molecular complexity index is 366. The van der Waals surface area contributed by atoms with Crippen molar-refractivity contribution in [1.29, 1.82) is 0 Å². The minimum absolute atomic E-state index is 0.0154. The predicted octanol–water partition coefficient (Wildman–Crippen LogP) is -1.05. The fourth-order valence-electron chi connectivity index (χ4n) is 0.938. The van der Waals surface area contributed by atoms with E-state index < -0.39 is 0 Å². The quantitative estimate of drug-likeness (QED) is 0.635. The van der Waals surface area contributed by atoms with Crippen molar-refractivity contribution in [2.45, 2.75) is 0 Å². The lowest BCUT2D eigenvalue weighted by Gasteiger charge is -2.01. The van der Waals surface area contributed by atoms with Crippen molar-refractivity contribution in [3.63, 3.8) is 0 Å². The standard InChI is InChI=1S/C6H8N4O2/c11-3-4-12-10-2-1-9-5-7-8-6(9)10/h1-2,5,11H,3-4H2. The highest BCUT2D eigenvalue weighted by Crippen LogP contribution is 1.97. The summed E-state index contributed by atoms with van der Waals surface area (Å²) < 4.78 is 3.18. The molecule has 0 radical (unpaired) electrons. The van der Waals surface area contributed by atoms with Crippen LogP contribution in [0.25, 0.3) is 5.78 Å². The van der Waals surface area contributed by atoms with Gasteiger partial charge in [-0.2, -0.15) is 4.73 Å². The molecule has 6 nitrogen and oxygen atoms in total. The summed E-state index contributed by atoms with van der Waals surface area (Å²) in [6, 6.07) is 0. The summed E-state index contributed by atoms with van der Waals surface area (Å²) >= 11 is 0. The number of hydrogen-bond donors (Lipinski definition) is 1. The molecule has 0 amide bonds.